The van der Waals surface area contributed by atoms with Crippen LogP contribution in [0.3, 0.4) is 0 Å². The van der Waals surface area contributed by atoms with Crippen molar-refractivity contribution in [2.24, 2.45) is 0 Å². The molecular formula is C9H21NSi. The minimum Gasteiger partial charge on any atom is -0.373 e. The predicted molar refractivity (Wildman–Crippen MR) is 56.1 cm³/mol. The van der Waals surface area contributed by atoms with E-state index in [1.165, 1.54) is 19.3 Å². The minimum absolute atomic E-state index is 0. The first kappa shape index (κ1) is 10.8. The van der Waals surface area contributed by atoms with Crippen LogP contribution in [0, 0.1) is 0 Å². The lowest BCUT2D eigenvalue weighted by molar-refractivity contribution is 0.165. The summed E-state index contributed by atoms with van der Waals surface area (Å²) in [6.07, 6.45) is 6.02. The van der Waals surface area contributed by atoms with Crippen LogP contribution in [0.25, 0.3) is 0 Å². The molecule has 0 N–H and O–H groups in total. The quantitative estimate of drug-likeness (QED) is 0.531. The Hall–Kier alpha value is -0.243. The molecule has 1 rings (SSSR count). The van der Waals surface area contributed by atoms with Crippen LogP contribution < -0.4 is 0 Å². The molecule has 0 saturated carbocycles. The molecule has 1 aliphatic rings. The van der Waals surface area contributed by atoms with Gasteiger partial charge in [0.15, 0.2) is 0 Å². The van der Waals surface area contributed by atoms with E-state index in [0.29, 0.717) is 12.1 Å². The van der Waals surface area contributed by atoms with Crippen molar-refractivity contribution in [3.63, 3.8) is 0 Å². The molecule has 1 saturated heterocycles. The molecule has 2 unspecified atom stereocenters. The van der Waals surface area contributed by atoms with Gasteiger partial charge in [-0.2, -0.15) is 0 Å². The Labute approximate surface area is 74.5 Å². The van der Waals surface area contributed by atoms with Crippen LogP contribution in [0.15, 0.2) is 12.8 Å². The van der Waals surface area contributed by atoms with Crippen LogP contribution >= 0.6 is 0 Å². The third kappa shape index (κ3) is 2.36. The summed E-state index contributed by atoms with van der Waals surface area (Å²) in [4.78, 5) is 2.36. The molecule has 11 heavy (non-hydrogen) atoms. The molecule has 1 aliphatic heterocycles. The second-order valence-corrected chi connectivity index (χ2v) is 3.26. The summed E-state index contributed by atoms with van der Waals surface area (Å²) in [7, 11) is 0. The zero-order valence-electron chi connectivity index (χ0n) is 7.01. The molecule has 0 aromatic rings. The lowest BCUT2D eigenvalue weighted by Gasteiger charge is -2.38. The van der Waals surface area contributed by atoms with Gasteiger partial charge in [-0.3, -0.25) is 0 Å². The second kappa shape index (κ2) is 4.60. The van der Waals surface area contributed by atoms with E-state index in [1.54, 1.807) is 0 Å². The van der Waals surface area contributed by atoms with Gasteiger partial charge < -0.3 is 4.90 Å². The highest BCUT2D eigenvalue weighted by atomic mass is 28.1. The van der Waals surface area contributed by atoms with Crippen LogP contribution in [0.5, 0.6) is 0 Å². The Balaban J connectivity index is 0.000001000. The summed E-state index contributed by atoms with van der Waals surface area (Å²) in [6, 6.07) is 1.42. The van der Waals surface area contributed by atoms with Crippen LogP contribution in [0.4, 0.5) is 0 Å². The van der Waals surface area contributed by atoms with Gasteiger partial charge in [-0.15, -0.1) is 0 Å². The SMILES string of the molecule is C=CN1C(C)CCCC1C.[SiH4]. The van der Waals surface area contributed by atoms with Crippen LogP contribution in [0.2, 0.25) is 0 Å². The van der Waals surface area contributed by atoms with Crippen molar-refractivity contribution in [1.82, 2.24) is 4.90 Å². The van der Waals surface area contributed by atoms with Gasteiger partial charge in [-0.1, -0.05) is 6.58 Å². The van der Waals surface area contributed by atoms with Crippen LogP contribution in [-0.4, -0.2) is 27.9 Å². The summed E-state index contributed by atoms with van der Waals surface area (Å²) < 4.78 is 0. The van der Waals surface area contributed by atoms with E-state index in [9.17, 15) is 0 Å². The van der Waals surface area contributed by atoms with E-state index in [2.05, 4.69) is 25.3 Å². The number of likely N-dealkylation sites (tertiary alicyclic amines) is 1. The van der Waals surface area contributed by atoms with Gasteiger partial charge in [-0.05, 0) is 50.3 Å². The Morgan fingerprint density at radius 2 is 1.73 bits per heavy atom. The largest absolute Gasteiger partial charge is 0.373 e. The van der Waals surface area contributed by atoms with Crippen molar-refractivity contribution >= 4 is 11.0 Å². The van der Waals surface area contributed by atoms with Crippen molar-refractivity contribution in [2.45, 2.75) is 45.2 Å². The van der Waals surface area contributed by atoms with Crippen LogP contribution in [-0.2, 0) is 0 Å². The lowest BCUT2D eigenvalue weighted by Crippen LogP contribution is -2.39. The molecule has 0 aromatic carbocycles. The molecule has 2 atom stereocenters. The van der Waals surface area contributed by atoms with Gasteiger partial charge in [0.05, 0.1) is 0 Å². The van der Waals surface area contributed by atoms with E-state index in [4.69, 9.17) is 0 Å². The number of hydrogen-bond acceptors (Lipinski definition) is 1. The van der Waals surface area contributed by atoms with Gasteiger partial charge in [0.25, 0.3) is 0 Å². The first-order chi connectivity index (χ1) is 4.75. The first-order valence-electron chi connectivity index (χ1n) is 4.15. The van der Waals surface area contributed by atoms with Crippen molar-refractivity contribution in [3.8, 4) is 0 Å². The van der Waals surface area contributed by atoms with E-state index >= 15 is 0 Å². The molecule has 0 spiro atoms. The molecule has 0 bridgehead atoms. The Bertz CT molecular complexity index is 115. The maximum atomic E-state index is 3.81. The maximum absolute atomic E-state index is 3.81. The standard InChI is InChI=1S/C9H17N.H4Si/c1-4-10-8(2)6-5-7-9(10)3;/h4,8-9H,1,5-7H2,2-3H3;1H4. The fourth-order valence-electron chi connectivity index (χ4n) is 1.80. The highest BCUT2D eigenvalue weighted by Crippen LogP contribution is 2.21. The van der Waals surface area contributed by atoms with Gasteiger partial charge in [-0.25, -0.2) is 0 Å². The molecule has 0 aromatic heterocycles. The van der Waals surface area contributed by atoms with Gasteiger partial charge in [0.1, 0.15) is 0 Å². The molecule has 1 nitrogen and oxygen atoms in total. The van der Waals surface area contributed by atoms with E-state index in [1.807, 2.05) is 6.20 Å². The summed E-state index contributed by atoms with van der Waals surface area (Å²) in [6.45, 7) is 8.36. The molecule has 1 fully saturated rings. The minimum atomic E-state index is 0. The van der Waals surface area contributed by atoms with Gasteiger partial charge in [0.2, 0.25) is 0 Å². The molecule has 0 radical (unpaired) electrons. The van der Waals surface area contributed by atoms with Crippen LogP contribution in [0.1, 0.15) is 33.1 Å². The highest BCUT2D eigenvalue weighted by Gasteiger charge is 2.20. The lowest BCUT2D eigenvalue weighted by atomic mass is 9.98. The van der Waals surface area contributed by atoms with Crippen molar-refractivity contribution in [2.75, 3.05) is 0 Å². The number of rotatable bonds is 1. The molecule has 0 aliphatic carbocycles. The summed E-state index contributed by atoms with van der Waals surface area (Å²) >= 11 is 0. The number of piperidine rings is 1. The number of hydrogen-bond donors (Lipinski definition) is 0. The zero-order chi connectivity index (χ0) is 7.56. The molecule has 2 heteroatoms. The average molecular weight is 171 g/mol. The average Bonchev–Trinajstić information content (AvgIpc) is 1.88. The van der Waals surface area contributed by atoms with Gasteiger partial charge in [0, 0.05) is 12.1 Å². The fraction of sp³-hybridized carbons (Fsp3) is 0.778. The Morgan fingerprint density at radius 3 is 2.00 bits per heavy atom. The van der Waals surface area contributed by atoms with Crippen molar-refractivity contribution in [3.05, 3.63) is 12.8 Å². The predicted octanol–water partition coefficient (Wildman–Crippen LogP) is 0.941. The molecule has 1 heterocycles. The second-order valence-electron chi connectivity index (χ2n) is 3.26. The summed E-state index contributed by atoms with van der Waals surface area (Å²) in [5.74, 6) is 0. The monoisotopic (exact) mass is 171 g/mol. The molecular weight excluding hydrogens is 150 g/mol. The zero-order valence-corrected chi connectivity index (χ0v) is 7.01. The third-order valence-corrected chi connectivity index (χ3v) is 2.47. The highest BCUT2D eigenvalue weighted by molar-refractivity contribution is 5.75. The van der Waals surface area contributed by atoms with E-state index < -0.39 is 0 Å². The Morgan fingerprint density at radius 1 is 1.27 bits per heavy atom. The summed E-state index contributed by atoms with van der Waals surface area (Å²) in [5.41, 5.74) is 0. The van der Waals surface area contributed by atoms with E-state index in [-0.39, 0.29) is 11.0 Å². The third-order valence-electron chi connectivity index (χ3n) is 2.47. The Kier molecular flexibility index (Phi) is 4.50. The van der Waals surface area contributed by atoms with Crippen molar-refractivity contribution in [1.29, 1.82) is 0 Å². The van der Waals surface area contributed by atoms with E-state index in [0.717, 1.165) is 0 Å². The fourth-order valence-corrected chi connectivity index (χ4v) is 1.80. The normalized spacial score (nSPS) is 30.9. The number of nitrogens with zero attached hydrogens (tertiary/aromatic N) is 1. The topological polar surface area (TPSA) is 3.24 Å². The smallest absolute Gasteiger partial charge is 0.0258 e. The van der Waals surface area contributed by atoms with Gasteiger partial charge >= 0.3 is 0 Å². The van der Waals surface area contributed by atoms with Crippen molar-refractivity contribution < 1.29 is 0 Å². The first-order valence-corrected chi connectivity index (χ1v) is 4.15. The maximum Gasteiger partial charge on any atom is 0.0258 e. The molecule has 0 amide bonds. The summed E-state index contributed by atoms with van der Waals surface area (Å²) in [5, 5.41) is 0. The molecule has 66 valence electrons.